The van der Waals surface area contributed by atoms with Crippen LogP contribution >= 0.6 is 27.5 Å². The summed E-state index contributed by atoms with van der Waals surface area (Å²) in [4.78, 5) is 0. The quantitative estimate of drug-likeness (QED) is 0.835. The molecule has 0 aliphatic rings. The summed E-state index contributed by atoms with van der Waals surface area (Å²) in [7, 11) is 0. The van der Waals surface area contributed by atoms with Crippen LogP contribution in [-0.4, -0.2) is 6.54 Å². The van der Waals surface area contributed by atoms with Crippen molar-refractivity contribution < 1.29 is 4.39 Å². The van der Waals surface area contributed by atoms with Crippen LogP contribution in [0.2, 0.25) is 5.02 Å². The minimum atomic E-state index is -0.354. The topological polar surface area (TPSA) is 38.0 Å². The van der Waals surface area contributed by atoms with E-state index in [1.54, 1.807) is 12.1 Å². The number of hydrogen-bond acceptors (Lipinski definition) is 2. The molecule has 0 aliphatic carbocycles. The second-order valence-electron chi connectivity index (χ2n) is 4.62. The molecule has 2 rings (SSSR count). The maximum absolute atomic E-state index is 14.0. The van der Waals surface area contributed by atoms with Crippen LogP contribution in [0.4, 0.5) is 10.1 Å². The number of rotatable bonds is 4. The molecule has 1 atom stereocenters. The van der Waals surface area contributed by atoms with E-state index >= 15 is 0 Å². The van der Waals surface area contributed by atoms with Crippen LogP contribution in [-0.2, 0) is 0 Å². The van der Waals surface area contributed by atoms with Crippen molar-refractivity contribution in [3.63, 3.8) is 0 Å². The van der Waals surface area contributed by atoms with Crippen molar-refractivity contribution in [1.29, 1.82) is 0 Å². The molecule has 0 heterocycles. The summed E-state index contributed by atoms with van der Waals surface area (Å²) in [5.41, 5.74) is 8.27. The number of aryl methyl sites for hydroxylation is 1. The molecule has 0 radical (unpaired) electrons. The Balaban J connectivity index is 2.28. The van der Waals surface area contributed by atoms with Gasteiger partial charge in [-0.05, 0) is 42.8 Å². The Morgan fingerprint density at radius 2 is 2.05 bits per heavy atom. The van der Waals surface area contributed by atoms with E-state index < -0.39 is 0 Å². The van der Waals surface area contributed by atoms with Crippen LogP contribution in [0.1, 0.15) is 17.2 Å². The zero-order chi connectivity index (χ0) is 14.7. The Labute approximate surface area is 131 Å². The molecule has 0 fully saturated rings. The van der Waals surface area contributed by atoms with E-state index in [1.807, 2.05) is 25.1 Å². The second-order valence-corrected chi connectivity index (χ2v) is 5.97. The Hall–Kier alpha value is -1.10. The van der Waals surface area contributed by atoms with Gasteiger partial charge < -0.3 is 11.1 Å². The van der Waals surface area contributed by atoms with Gasteiger partial charge in [-0.1, -0.05) is 33.6 Å². The van der Waals surface area contributed by atoms with Gasteiger partial charge in [0, 0.05) is 27.3 Å². The van der Waals surface area contributed by atoms with Gasteiger partial charge in [0.2, 0.25) is 0 Å². The molecule has 0 amide bonds. The Kier molecular flexibility index (Phi) is 5.02. The van der Waals surface area contributed by atoms with Crippen LogP contribution < -0.4 is 11.1 Å². The first-order valence-corrected chi connectivity index (χ1v) is 7.35. The van der Waals surface area contributed by atoms with Crippen molar-refractivity contribution >= 4 is 33.2 Å². The van der Waals surface area contributed by atoms with Crippen LogP contribution in [0.5, 0.6) is 0 Å². The number of nitrogens with one attached hydrogen (secondary N) is 1. The van der Waals surface area contributed by atoms with E-state index in [0.29, 0.717) is 10.6 Å². The van der Waals surface area contributed by atoms with Gasteiger partial charge in [0.1, 0.15) is 5.82 Å². The third-order valence-corrected chi connectivity index (χ3v) is 3.65. The molecule has 0 aromatic heterocycles. The normalized spacial score (nSPS) is 12.2. The van der Waals surface area contributed by atoms with Crippen molar-refractivity contribution in [3.05, 3.63) is 62.8 Å². The van der Waals surface area contributed by atoms with E-state index in [2.05, 4.69) is 21.2 Å². The van der Waals surface area contributed by atoms with Crippen LogP contribution in [0.15, 0.2) is 40.9 Å². The highest BCUT2D eigenvalue weighted by molar-refractivity contribution is 9.10. The summed E-state index contributed by atoms with van der Waals surface area (Å²) in [5, 5.41) is 3.62. The first-order chi connectivity index (χ1) is 9.49. The van der Waals surface area contributed by atoms with Crippen molar-refractivity contribution in [3.8, 4) is 0 Å². The molecule has 2 nitrogen and oxygen atoms in total. The monoisotopic (exact) mass is 356 g/mol. The van der Waals surface area contributed by atoms with Gasteiger partial charge >= 0.3 is 0 Å². The smallest absolute Gasteiger partial charge is 0.130 e. The third kappa shape index (κ3) is 3.72. The summed E-state index contributed by atoms with van der Waals surface area (Å²) < 4.78 is 14.9. The summed E-state index contributed by atoms with van der Waals surface area (Å²) in [6, 6.07) is 10.2. The van der Waals surface area contributed by atoms with E-state index in [4.69, 9.17) is 17.3 Å². The van der Waals surface area contributed by atoms with Crippen LogP contribution in [0, 0.1) is 12.7 Å². The highest BCUT2D eigenvalue weighted by Crippen LogP contribution is 2.26. The highest BCUT2D eigenvalue weighted by Gasteiger charge is 2.14. The molecule has 20 heavy (non-hydrogen) atoms. The molecular weight excluding hydrogens is 343 g/mol. The van der Waals surface area contributed by atoms with Gasteiger partial charge in [-0.2, -0.15) is 0 Å². The maximum Gasteiger partial charge on any atom is 0.130 e. The minimum Gasteiger partial charge on any atom is -0.377 e. The highest BCUT2D eigenvalue weighted by atomic mass is 79.9. The fourth-order valence-electron chi connectivity index (χ4n) is 2.07. The minimum absolute atomic E-state index is 0.282. The molecule has 106 valence electrons. The zero-order valence-corrected chi connectivity index (χ0v) is 13.3. The molecule has 1 unspecified atom stereocenters. The fraction of sp³-hybridized carbons (Fsp3) is 0.200. The largest absolute Gasteiger partial charge is 0.377 e. The van der Waals surface area contributed by atoms with E-state index in [0.717, 1.165) is 15.7 Å². The molecule has 3 N–H and O–H groups in total. The molecule has 0 bridgehead atoms. The first-order valence-electron chi connectivity index (χ1n) is 6.18. The number of anilines is 1. The molecule has 2 aromatic carbocycles. The SMILES string of the molecule is Cc1cc(Br)cc(NC(CN)c2ccc(Cl)cc2F)c1. The van der Waals surface area contributed by atoms with Gasteiger partial charge in [0.25, 0.3) is 0 Å². The van der Waals surface area contributed by atoms with E-state index in [-0.39, 0.29) is 18.4 Å². The van der Waals surface area contributed by atoms with Gasteiger partial charge in [0.15, 0.2) is 0 Å². The standard InChI is InChI=1S/C15H15BrClFN2/c1-9-4-10(16)6-12(5-9)20-15(8-19)13-3-2-11(17)7-14(13)18/h2-7,15,20H,8,19H2,1H3. The first kappa shape index (κ1) is 15.3. The zero-order valence-electron chi connectivity index (χ0n) is 11.0. The van der Waals surface area contributed by atoms with Gasteiger partial charge in [-0.15, -0.1) is 0 Å². The number of hydrogen-bond donors (Lipinski definition) is 2. The average Bonchev–Trinajstić information content (AvgIpc) is 2.35. The summed E-state index contributed by atoms with van der Waals surface area (Å²) in [6.45, 7) is 2.28. The Bertz CT molecular complexity index is 599. The van der Waals surface area contributed by atoms with Crippen LogP contribution in [0.25, 0.3) is 0 Å². The number of halogens is 3. The average molecular weight is 358 g/mol. The number of benzene rings is 2. The van der Waals surface area contributed by atoms with Crippen molar-refractivity contribution in [2.24, 2.45) is 5.73 Å². The van der Waals surface area contributed by atoms with Crippen molar-refractivity contribution in [2.75, 3.05) is 11.9 Å². The lowest BCUT2D eigenvalue weighted by Crippen LogP contribution is -2.21. The molecule has 2 aromatic rings. The van der Waals surface area contributed by atoms with Gasteiger partial charge in [-0.3, -0.25) is 0 Å². The van der Waals surface area contributed by atoms with Crippen LogP contribution in [0.3, 0.4) is 0 Å². The van der Waals surface area contributed by atoms with E-state index in [1.165, 1.54) is 6.07 Å². The molecule has 5 heteroatoms. The summed E-state index contributed by atoms with van der Waals surface area (Å²) in [5.74, 6) is -0.354. The summed E-state index contributed by atoms with van der Waals surface area (Å²) in [6.07, 6.45) is 0. The summed E-state index contributed by atoms with van der Waals surface area (Å²) >= 11 is 9.21. The Morgan fingerprint density at radius 3 is 2.65 bits per heavy atom. The lowest BCUT2D eigenvalue weighted by atomic mass is 10.1. The lowest BCUT2D eigenvalue weighted by molar-refractivity contribution is 0.593. The van der Waals surface area contributed by atoms with Crippen molar-refractivity contribution in [2.45, 2.75) is 13.0 Å². The second kappa shape index (κ2) is 6.57. The predicted molar refractivity (Wildman–Crippen MR) is 85.7 cm³/mol. The predicted octanol–water partition coefficient (Wildman–Crippen LogP) is 4.66. The molecule has 0 aliphatic heterocycles. The molecule has 0 saturated heterocycles. The van der Waals surface area contributed by atoms with E-state index in [9.17, 15) is 4.39 Å². The number of nitrogens with two attached hydrogens (primary N) is 1. The molecular formula is C15H15BrClFN2. The van der Waals surface area contributed by atoms with Gasteiger partial charge in [0.05, 0.1) is 6.04 Å². The lowest BCUT2D eigenvalue weighted by Gasteiger charge is -2.20. The maximum atomic E-state index is 14.0. The third-order valence-electron chi connectivity index (χ3n) is 2.96. The van der Waals surface area contributed by atoms with Gasteiger partial charge in [-0.25, -0.2) is 4.39 Å². The molecule has 0 spiro atoms. The van der Waals surface area contributed by atoms with Crippen molar-refractivity contribution in [1.82, 2.24) is 0 Å². The fourth-order valence-corrected chi connectivity index (χ4v) is 2.84. The molecule has 0 saturated carbocycles. The Morgan fingerprint density at radius 1 is 1.30 bits per heavy atom.